The quantitative estimate of drug-likeness (QED) is 0.934. The van der Waals surface area contributed by atoms with Crippen LogP contribution in [0.5, 0.6) is 0 Å². The van der Waals surface area contributed by atoms with Crippen molar-refractivity contribution in [1.82, 2.24) is 10.2 Å². The highest BCUT2D eigenvalue weighted by atomic mass is 35.5. The molecule has 0 radical (unpaired) electrons. The van der Waals surface area contributed by atoms with Gasteiger partial charge in [-0.3, -0.25) is 4.79 Å². The summed E-state index contributed by atoms with van der Waals surface area (Å²) in [5, 5.41) is 4.10. The first-order valence-electron chi connectivity index (χ1n) is 7.95. The standard InChI is InChI=1S/C19H21ClN2O/c1-22(19(23)15-7-9-16(20)10-8-15)18-11-12-21-13-17(18)14-5-3-2-4-6-14/h2-10,17-18,21H,11-13H2,1H3/t17-,18+/m0/s1. The Hall–Kier alpha value is -1.84. The van der Waals surface area contributed by atoms with E-state index in [1.807, 2.05) is 18.0 Å². The number of likely N-dealkylation sites (N-methyl/N-ethyl adjacent to an activating group) is 1. The molecule has 0 spiro atoms. The number of amides is 1. The molecule has 1 fully saturated rings. The maximum Gasteiger partial charge on any atom is 0.253 e. The molecule has 1 saturated heterocycles. The monoisotopic (exact) mass is 328 g/mol. The Morgan fingerprint density at radius 2 is 1.83 bits per heavy atom. The van der Waals surface area contributed by atoms with E-state index in [9.17, 15) is 4.79 Å². The summed E-state index contributed by atoms with van der Waals surface area (Å²) < 4.78 is 0. The second kappa shape index (κ2) is 7.16. The van der Waals surface area contributed by atoms with Gasteiger partial charge in [0.25, 0.3) is 5.91 Å². The normalized spacial score (nSPS) is 21.0. The van der Waals surface area contributed by atoms with Crippen LogP contribution in [0.25, 0.3) is 0 Å². The molecule has 120 valence electrons. The predicted molar refractivity (Wildman–Crippen MR) is 94.0 cm³/mol. The first kappa shape index (κ1) is 16.0. The first-order chi connectivity index (χ1) is 11.2. The number of carbonyl (C=O) groups excluding carboxylic acids is 1. The SMILES string of the molecule is CN(C(=O)c1ccc(Cl)cc1)[C@@H]1CCNC[C@H]1c1ccccc1. The molecule has 23 heavy (non-hydrogen) atoms. The number of halogens is 1. The zero-order valence-electron chi connectivity index (χ0n) is 13.2. The Bertz CT molecular complexity index is 657. The van der Waals surface area contributed by atoms with Gasteiger partial charge in [-0.15, -0.1) is 0 Å². The largest absolute Gasteiger partial charge is 0.338 e. The minimum absolute atomic E-state index is 0.0505. The molecule has 3 nitrogen and oxygen atoms in total. The van der Waals surface area contributed by atoms with Gasteiger partial charge < -0.3 is 10.2 Å². The minimum atomic E-state index is 0.0505. The zero-order valence-corrected chi connectivity index (χ0v) is 14.0. The van der Waals surface area contributed by atoms with Gasteiger partial charge >= 0.3 is 0 Å². The molecular formula is C19H21ClN2O. The number of nitrogens with one attached hydrogen (secondary N) is 1. The molecule has 0 unspecified atom stereocenters. The average molecular weight is 329 g/mol. The second-order valence-corrected chi connectivity index (χ2v) is 6.44. The molecule has 4 heteroatoms. The molecule has 2 aromatic rings. The lowest BCUT2D eigenvalue weighted by molar-refractivity contribution is 0.0679. The smallest absolute Gasteiger partial charge is 0.253 e. The van der Waals surface area contributed by atoms with E-state index in [1.165, 1.54) is 5.56 Å². The fraction of sp³-hybridized carbons (Fsp3) is 0.316. The summed E-state index contributed by atoms with van der Waals surface area (Å²) in [6.45, 7) is 1.83. The number of rotatable bonds is 3. The molecule has 1 N–H and O–H groups in total. The van der Waals surface area contributed by atoms with Gasteiger partial charge in [0.15, 0.2) is 0 Å². The van der Waals surface area contributed by atoms with Crippen LogP contribution in [0.15, 0.2) is 54.6 Å². The molecule has 1 amide bonds. The van der Waals surface area contributed by atoms with Crippen molar-refractivity contribution in [1.29, 1.82) is 0 Å². The van der Waals surface area contributed by atoms with E-state index in [2.05, 4.69) is 29.6 Å². The van der Waals surface area contributed by atoms with Crippen LogP contribution >= 0.6 is 11.6 Å². The Labute approximate surface area is 142 Å². The molecule has 0 aliphatic carbocycles. The van der Waals surface area contributed by atoms with Gasteiger partial charge in [-0.25, -0.2) is 0 Å². The Morgan fingerprint density at radius 1 is 1.13 bits per heavy atom. The van der Waals surface area contributed by atoms with Crippen molar-refractivity contribution in [3.8, 4) is 0 Å². The Balaban J connectivity index is 1.82. The number of piperidine rings is 1. The van der Waals surface area contributed by atoms with E-state index in [1.54, 1.807) is 24.3 Å². The lowest BCUT2D eigenvalue weighted by Gasteiger charge is -2.38. The number of carbonyl (C=O) groups is 1. The number of nitrogens with zero attached hydrogens (tertiary/aromatic N) is 1. The van der Waals surface area contributed by atoms with E-state index in [0.29, 0.717) is 16.5 Å². The summed E-state index contributed by atoms with van der Waals surface area (Å²) in [6, 6.07) is 17.7. The molecule has 0 bridgehead atoms. The molecule has 2 atom stereocenters. The summed E-state index contributed by atoms with van der Waals surface area (Å²) in [7, 11) is 1.91. The third-order valence-electron chi connectivity index (χ3n) is 4.58. The van der Waals surface area contributed by atoms with Crippen molar-refractivity contribution >= 4 is 17.5 Å². The van der Waals surface area contributed by atoms with E-state index < -0.39 is 0 Å². The highest BCUT2D eigenvalue weighted by molar-refractivity contribution is 6.30. The predicted octanol–water partition coefficient (Wildman–Crippen LogP) is 3.56. The molecule has 0 aromatic heterocycles. The maximum absolute atomic E-state index is 12.8. The summed E-state index contributed by atoms with van der Waals surface area (Å²) in [6.07, 6.45) is 0.954. The van der Waals surface area contributed by atoms with Crippen molar-refractivity contribution in [3.05, 3.63) is 70.7 Å². The average Bonchev–Trinajstić information content (AvgIpc) is 2.62. The molecule has 0 saturated carbocycles. The molecule has 1 heterocycles. The molecule has 3 rings (SSSR count). The Kier molecular flexibility index (Phi) is 4.99. The fourth-order valence-electron chi connectivity index (χ4n) is 3.30. The molecule has 1 aliphatic heterocycles. The zero-order chi connectivity index (χ0) is 16.2. The molecular weight excluding hydrogens is 308 g/mol. The van der Waals surface area contributed by atoms with Gasteiger partial charge in [-0.2, -0.15) is 0 Å². The summed E-state index contributed by atoms with van der Waals surface area (Å²) >= 11 is 5.91. The van der Waals surface area contributed by atoms with E-state index in [4.69, 9.17) is 11.6 Å². The lowest BCUT2D eigenvalue weighted by atomic mass is 9.86. The van der Waals surface area contributed by atoms with E-state index >= 15 is 0 Å². The van der Waals surface area contributed by atoms with Gasteiger partial charge in [-0.1, -0.05) is 41.9 Å². The van der Waals surface area contributed by atoms with Gasteiger partial charge in [-0.05, 0) is 42.8 Å². The van der Waals surface area contributed by atoms with Crippen LogP contribution in [-0.2, 0) is 0 Å². The van der Waals surface area contributed by atoms with Crippen molar-refractivity contribution in [2.24, 2.45) is 0 Å². The van der Waals surface area contributed by atoms with Crippen LogP contribution in [-0.4, -0.2) is 37.0 Å². The molecule has 1 aliphatic rings. The van der Waals surface area contributed by atoms with Crippen LogP contribution in [0.4, 0.5) is 0 Å². The van der Waals surface area contributed by atoms with Crippen molar-refractivity contribution in [2.75, 3.05) is 20.1 Å². The van der Waals surface area contributed by atoms with Crippen molar-refractivity contribution in [3.63, 3.8) is 0 Å². The highest BCUT2D eigenvalue weighted by Crippen LogP contribution is 2.28. The fourth-order valence-corrected chi connectivity index (χ4v) is 3.42. The van der Waals surface area contributed by atoms with Crippen LogP contribution in [0.1, 0.15) is 28.3 Å². The van der Waals surface area contributed by atoms with Crippen molar-refractivity contribution in [2.45, 2.75) is 18.4 Å². The second-order valence-electron chi connectivity index (χ2n) is 6.00. The third kappa shape index (κ3) is 3.57. The summed E-state index contributed by atoms with van der Waals surface area (Å²) in [5.41, 5.74) is 1.96. The van der Waals surface area contributed by atoms with Gasteiger partial charge in [0.1, 0.15) is 0 Å². The van der Waals surface area contributed by atoms with Gasteiger partial charge in [0.05, 0.1) is 0 Å². The van der Waals surface area contributed by atoms with E-state index in [-0.39, 0.29) is 11.9 Å². The summed E-state index contributed by atoms with van der Waals surface area (Å²) in [4.78, 5) is 14.7. The van der Waals surface area contributed by atoms with Crippen molar-refractivity contribution < 1.29 is 4.79 Å². The van der Waals surface area contributed by atoms with Crippen LogP contribution in [0.2, 0.25) is 5.02 Å². The van der Waals surface area contributed by atoms with Gasteiger partial charge in [0, 0.05) is 36.1 Å². The topological polar surface area (TPSA) is 32.3 Å². The number of benzene rings is 2. The third-order valence-corrected chi connectivity index (χ3v) is 4.83. The molecule has 2 aromatic carbocycles. The number of hydrogen-bond donors (Lipinski definition) is 1. The number of hydrogen-bond acceptors (Lipinski definition) is 2. The van der Waals surface area contributed by atoms with Gasteiger partial charge in [0.2, 0.25) is 0 Å². The lowest BCUT2D eigenvalue weighted by Crippen LogP contribution is -2.49. The van der Waals surface area contributed by atoms with Crippen LogP contribution in [0.3, 0.4) is 0 Å². The van der Waals surface area contributed by atoms with Crippen LogP contribution in [0, 0.1) is 0 Å². The summed E-state index contributed by atoms with van der Waals surface area (Å²) in [5.74, 6) is 0.362. The first-order valence-corrected chi connectivity index (χ1v) is 8.33. The van der Waals surface area contributed by atoms with Crippen LogP contribution < -0.4 is 5.32 Å². The van der Waals surface area contributed by atoms with E-state index in [0.717, 1.165) is 19.5 Å². The maximum atomic E-state index is 12.8. The Morgan fingerprint density at radius 3 is 2.52 bits per heavy atom. The minimum Gasteiger partial charge on any atom is -0.338 e. The highest BCUT2D eigenvalue weighted by Gasteiger charge is 2.32.